The van der Waals surface area contributed by atoms with Crippen molar-refractivity contribution < 1.29 is 9.53 Å². The third kappa shape index (κ3) is 2.92. The Morgan fingerprint density at radius 1 is 1.47 bits per heavy atom. The molecular weight excluding hydrogens is 192 g/mol. The van der Waals surface area contributed by atoms with E-state index >= 15 is 0 Å². The number of amides is 1. The van der Waals surface area contributed by atoms with Gasteiger partial charge in [0.1, 0.15) is 6.61 Å². The molecule has 15 heavy (non-hydrogen) atoms. The van der Waals surface area contributed by atoms with Gasteiger partial charge in [0.2, 0.25) is 5.91 Å². The van der Waals surface area contributed by atoms with Crippen LogP contribution in [0.4, 0.5) is 0 Å². The fraction of sp³-hybridized carbons (Fsp3) is 0.909. The van der Waals surface area contributed by atoms with Gasteiger partial charge in [0.25, 0.3) is 0 Å². The Labute approximate surface area is 91.0 Å². The second-order valence-electron chi connectivity index (χ2n) is 4.50. The summed E-state index contributed by atoms with van der Waals surface area (Å²) in [6, 6.07) is 1.00. The maximum absolute atomic E-state index is 11.8. The van der Waals surface area contributed by atoms with Crippen LogP contribution in [0.2, 0.25) is 0 Å². The number of carbonyl (C=O) groups excluding carboxylic acids is 1. The summed E-state index contributed by atoms with van der Waals surface area (Å²) < 4.78 is 4.92. The number of methoxy groups -OCH3 is 1. The molecule has 1 heterocycles. The first-order chi connectivity index (χ1) is 7.31. The fourth-order valence-electron chi connectivity index (χ4n) is 2.20. The van der Waals surface area contributed by atoms with Crippen LogP contribution >= 0.6 is 0 Å². The molecule has 1 aliphatic carbocycles. The third-order valence-corrected chi connectivity index (χ3v) is 3.16. The minimum absolute atomic E-state index is 0.147. The number of ether oxygens (including phenoxy) is 1. The van der Waals surface area contributed by atoms with E-state index in [0.29, 0.717) is 12.1 Å². The molecule has 1 unspecified atom stereocenters. The summed E-state index contributed by atoms with van der Waals surface area (Å²) in [7, 11) is 1.58. The second kappa shape index (κ2) is 4.94. The summed E-state index contributed by atoms with van der Waals surface area (Å²) in [5.74, 6) is 0.147. The topological polar surface area (TPSA) is 41.6 Å². The Hall–Kier alpha value is -0.610. The van der Waals surface area contributed by atoms with Gasteiger partial charge >= 0.3 is 0 Å². The third-order valence-electron chi connectivity index (χ3n) is 3.16. The van der Waals surface area contributed by atoms with Crippen LogP contribution in [0.15, 0.2) is 0 Å². The average molecular weight is 212 g/mol. The molecular formula is C11H20N2O2. The van der Waals surface area contributed by atoms with Crippen molar-refractivity contribution in [3.63, 3.8) is 0 Å². The molecule has 2 aliphatic rings. The summed E-state index contributed by atoms with van der Waals surface area (Å²) in [6.45, 7) is 2.19. The van der Waals surface area contributed by atoms with Crippen LogP contribution in [0, 0.1) is 0 Å². The van der Waals surface area contributed by atoms with Gasteiger partial charge in [0.15, 0.2) is 0 Å². The monoisotopic (exact) mass is 212 g/mol. The maximum atomic E-state index is 11.8. The van der Waals surface area contributed by atoms with Gasteiger partial charge in [-0.2, -0.15) is 0 Å². The molecule has 4 heteroatoms. The molecule has 0 spiro atoms. The highest BCUT2D eigenvalue weighted by molar-refractivity contribution is 5.78. The van der Waals surface area contributed by atoms with Crippen LogP contribution in [-0.4, -0.2) is 49.7 Å². The Bertz CT molecular complexity index is 223. The van der Waals surface area contributed by atoms with Crippen molar-refractivity contribution in [2.75, 3.05) is 26.8 Å². The van der Waals surface area contributed by atoms with Crippen molar-refractivity contribution in [3.05, 3.63) is 0 Å². The standard InChI is InChI=1S/C11H20N2O2/c1-15-8-11(14)13(10-4-5-10)7-9-3-2-6-12-9/h9-10,12H,2-8H2,1H3. The largest absolute Gasteiger partial charge is 0.375 e. The van der Waals surface area contributed by atoms with Crippen LogP contribution in [0.1, 0.15) is 25.7 Å². The van der Waals surface area contributed by atoms with E-state index in [1.165, 1.54) is 25.7 Å². The van der Waals surface area contributed by atoms with Gasteiger partial charge in [-0.25, -0.2) is 0 Å². The van der Waals surface area contributed by atoms with E-state index in [2.05, 4.69) is 5.32 Å². The summed E-state index contributed by atoms with van der Waals surface area (Å²) >= 11 is 0. The number of carbonyl (C=O) groups is 1. The molecule has 1 amide bonds. The Kier molecular flexibility index (Phi) is 3.59. The number of hydrogen-bond acceptors (Lipinski definition) is 3. The quantitative estimate of drug-likeness (QED) is 0.716. The van der Waals surface area contributed by atoms with Crippen LogP contribution in [0.5, 0.6) is 0 Å². The normalized spacial score (nSPS) is 25.5. The van der Waals surface area contributed by atoms with Gasteiger partial charge in [-0.05, 0) is 32.2 Å². The van der Waals surface area contributed by atoms with Gasteiger partial charge in [0, 0.05) is 25.7 Å². The SMILES string of the molecule is COCC(=O)N(CC1CCCN1)C1CC1. The van der Waals surface area contributed by atoms with Crippen molar-refractivity contribution in [1.29, 1.82) is 0 Å². The minimum atomic E-state index is 0.147. The smallest absolute Gasteiger partial charge is 0.248 e. The molecule has 4 nitrogen and oxygen atoms in total. The van der Waals surface area contributed by atoms with Crippen molar-refractivity contribution in [2.45, 2.75) is 37.8 Å². The zero-order valence-corrected chi connectivity index (χ0v) is 9.37. The van der Waals surface area contributed by atoms with Crippen LogP contribution in [0.25, 0.3) is 0 Å². The molecule has 0 bridgehead atoms. The average Bonchev–Trinajstić information content (AvgIpc) is 2.93. The Morgan fingerprint density at radius 2 is 2.27 bits per heavy atom. The minimum Gasteiger partial charge on any atom is -0.375 e. The summed E-state index contributed by atoms with van der Waals surface area (Å²) in [5, 5.41) is 3.43. The van der Waals surface area contributed by atoms with Crippen LogP contribution < -0.4 is 5.32 Å². The van der Waals surface area contributed by atoms with Gasteiger partial charge in [-0.15, -0.1) is 0 Å². The van der Waals surface area contributed by atoms with E-state index in [9.17, 15) is 4.79 Å². The molecule has 1 aliphatic heterocycles. The van der Waals surface area contributed by atoms with Crippen molar-refractivity contribution in [3.8, 4) is 0 Å². The van der Waals surface area contributed by atoms with E-state index in [1.807, 2.05) is 4.90 Å². The van der Waals surface area contributed by atoms with E-state index in [1.54, 1.807) is 7.11 Å². The summed E-state index contributed by atoms with van der Waals surface area (Å²) in [5.41, 5.74) is 0. The zero-order valence-electron chi connectivity index (χ0n) is 9.37. The van der Waals surface area contributed by atoms with Crippen LogP contribution in [-0.2, 0) is 9.53 Å². The van der Waals surface area contributed by atoms with E-state index < -0.39 is 0 Å². The zero-order chi connectivity index (χ0) is 10.7. The van der Waals surface area contributed by atoms with E-state index in [0.717, 1.165) is 13.1 Å². The lowest BCUT2D eigenvalue weighted by Crippen LogP contribution is -2.43. The van der Waals surface area contributed by atoms with Gasteiger partial charge < -0.3 is 15.0 Å². The maximum Gasteiger partial charge on any atom is 0.248 e. The molecule has 1 N–H and O–H groups in total. The first-order valence-electron chi connectivity index (χ1n) is 5.83. The second-order valence-corrected chi connectivity index (χ2v) is 4.50. The van der Waals surface area contributed by atoms with Crippen LogP contribution in [0.3, 0.4) is 0 Å². The number of nitrogens with zero attached hydrogens (tertiary/aromatic N) is 1. The molecule has 0 aromatic rings. The van der Waals surface area contributed by atoms with Crippen molar-refractivity contribution in [2.24, 2.45) is 0 Å². The molecule has 1 atom stereocenters. The molecule has 2 rings (SSSR count). The molecule has 2 fully saturated rings. The van der Waals surface area contributed by atoms with Gasteiger partial charge in [-0.1, -0.05) is 0 Å². The molecule has 0 aromatic heterocycles. The van der Waals surface area contributed by atoms with Crippen molar-refractivity contribution in [1.82, 2.24) is 10.2 Å². The van der Waals surface area contributed by atoms with Gasteiger partial charge in [-0.3, -0.25) is 4.79 Å². The fourth-order valence-corrected chi connectivity index (χ4v) is 2.20. The molecule has 86 valence electrons. The first-order valence-corrected chi connectivity index (χ1v) is 5.83. The molecule has 0 aromatic carbocycles. The molecule has 1 saturated carbocycles. The predicted molar refractivity (Wildman–Crippen MR) is 57.6 cm³/mol. The van der Waals surface area contributed by atoms with Gasteiger partial charge in [0.05, 0.1) is 0 Å². The highest BCUT2D eigenvalue weighted by atomic mass is 16.5. The Balaban J connectivity index is 1.84. The Morgan fingerprint density at radius 3 is 2.80 bits per heavy atom. The summed E-state index contributed by atoms with van der Waals surface area (Å²) in [6.07, 6.45) is 4.77. The highest BCUT2D eigenvalue weighted by Crippen LogP contribution is 2.27. The lowest BCUT2D eigenvalue weighted by atomic mass is 10.2. The summed E-state index contributed by atoms with van der Waals surface area (Å²) in [4.78, 5) is 13.8. The van der Waals surface area contributed by atoms with E-state index in [4.69, 9.17) is 4.74 Å². The lowest BCUT2D eigenvalue weighted by Gasteiger charge is -2.25. The van der Waals surface area contributed by atoms with Crippen molar-refractivity contribution >= 4 is 5.91 Å². The molecule has 0 radical (unpaired) electrons. The number of hydrogen-bond donors (Lipinski definition) is 1. The predicted octanol–water partition coefficient (Wildman–Crippen LogP) is 0.376. The van der Waals surface area contributed by atoms with E-state index in [-0.39, 0.29) is 12.5 Å². The molecule has 1 saturated heterocycles. The number of nitrogens with one attached hydrogen (secondary N) is 1. The highest BCUT2D eigenvalue weighted by Gasteiger charge is 2.34. The first kappa shape index (κ1) is 10.9. The lowest BCUT2D eigenvalue weighted by molar-refractivity contribution is -0.136. The number of rotatable bonds is 5.